The van der Waals surface area contributed by atoms with Gasteiger partial charge in [-0.1, -0.05) is 40.3 Å². The normalized spacial score (nSPS) is 19.6. The van der Waals surface area contributed by atoms with Gasteiger partial charge in [0.1, 0.15) is 4.21 Å². The van der Waals surface area contributed by atoms with Gasteiger partial charge in [-0.25, -0.2) is 8.42 Å². The summed E-state index contributed by atoms with van der Waals surface area (Å²) in [5.74, 6) is -0.245. The number of sulfonamides is 1. The SMILES string of the molecule is C=CC(=O)NC1C(C)(C)CN(S(=O)(=O)c2ccc(-c3ccccn3)s2)CC1(C)C. The number of piperidine rings is 1. The molecule has 8 heteroatoms. The Labute approximate surface area is 176 Å². The van der Waals surface area contributed by atoms with Gasteiger partial charge in [0.05, 0.1) is 10.6 Å². The second-order valence-electron chi connectivity index (χ2n) is 8.73. The monoisotopic (exact) mass is 433 g/mol. The van der Waals surface area contributed by atoms with E-state index in [9.17, 15) is 13.2 Å². The van der Waals surface area contributed by atoms with Crippen molar-refractivity contribution in [3.8, 4) is 10.6 Å². The summed E-state index contributed by atoms with van der Waals surface area (Å²) in [4.78, 5) is 17.0. The average molecular weight is 434 g/mol. The molecule has 1 aliphatic rings. The number of thiophene rings is 1. The van der Waals surface area contributed by atoms with E-state index in [0.717, 1.165) is 10.6 Å². The molecule has 1 fully saturated rings. The van der Waals surface area contributed by atoms with Crippen molar-refractivity contribution in [2.75, 3.05) is 13.1 Å². The number of amides is 1. The van der Waals surface area contributed by atoms with Gasteiger partial charge in [0.2, 0.25) is 5.91 Å². The Bertz CT molecular complexity index is 993. The first-order valence-corrected chi connectivity index (χ1v) is 11.7. The molecule has 0 atom stereocenters. The highest BCUT2D eigenvalue weighted by Gasteiger charge is 2.50. The standard InChI is InChI=1S/C21H27N3O3S2/c1-6-17(25)23-19-20(2,3)13-24(14-21(19,4)5)29(26,27)18-11-10-16(28-18)15-9-7-8-12-22-15/h6-12,19H,1,13-14H2,2-5H3,(H,23,25). The molecule has 1 saturated heterocycles. The van der Waals surface area contributed by atoms with Crippen LogP contribution in [-0.4, -0.2) is 42.7 Å². The Morgan fingerprint density at radius 1 is 1.21 bits per heavy atom. The van der Waals surface area contributed by atoms with Gasteiger partial charge in [-0.15, -0.1) is 11.3 Å². The Morgan fingerprint density at radius 3 is 2.41 bits per heavy atom. The lowest BCUT2D eigenvalue weighted by molar-refractivity contribution is -0.120. The van der Waals surface area contributed by atoms with Crippen molar-refractivity contribution in [1.29, 1.82) is 0 Å². The molecule has 156 valence electrons. The number of carbonyl (C=O) groups excluding carboxylic acids is 1. The highest BCUT2D eigenvalue weighted by Crippen LogP contribution is 2.43. The largest absolute Gasteiger partial charge is 0.349 e. The molecule has 0 unspecified atom stereocenters. The van der Waals surface area contributed by atoms with Gasteiger partial charge in [-0.05, 0) is 41.2 Å². The molecule has 0 aromatic carbocycles. The van der Waals surface area contributed by atoms with Crippen LogP contribution in [0.2, 0.25) is 0 Å². The molecule has 3 rings (SSSR count). The van der Waals surface area contributed by atoms with E-state index in [4.69, 9.17) is 0 Å². The van der Waals surface area contributed by atoms with Crippen LogP contribution in [0.5, 0.6) is 0 Å². The number of hydrogen-bond donors (Lipinski definition) is 1. The van der Waals surface area contributed by atoms with Gasteiger partial charge in [0.15, 0.2) is 0 Å². The molecule has 1 amide bonds. The molecule has 3 heterocycles. The molecule has 0 spiro atoms. The number of hydrogen-bond acceptors (Lipinski definition) is 5. The minimum atomic E-state index is -3.66. The van der Waals surface area contributed by atoms with Gasteiger partial charge in [0.25, 0.3) is 10.0 Å². The van der Waals surface area contributed by atoms with Crippen molar-refractivity contribution in [3.05, 3.63) is 49.2 Å². The van der Waals surface area contributed by atoms with Gasteiger partial charge in [-0.2, -0.15) is 4.31 Å². The van der Waals surface area contributed by atoms with Crippen molar-refractivity contribution in [2.45, 2.75) is 37.9 Å². The molecule has 1 aliphatic heterocycles. The van der Waals surface area contributed by atoms with Crippen LogP contribution in [-0.2, 0) is 14.8 Å². The maximum atomic E-state index is 13.4. The molecular weight excluding hydrogens is 406 g/mol. The highest BCUT2D eigenvalue weighted by atomic mass is 32.2. The minimum absolute atomic E-state index is 0.181. The van der Waals surface area contributed by atoms with Crippen molar-refractivity contribution < 1.29 is 13.2 Å². The quantitative estimate of drug-likeness (QED) is 0.732. The zero-order chi connectivity index (χ0) is 21.4. The lowest BCUT2D eigenvalue weighted by Crippen LogP contribution is -2.64. The second kappa shape index (κ2) is 7.66. The van der Waals surface area contributed by atoms with Crippen LogP contribution in [0.4, 0.5) is 0 Å². The fourth-order valence-corrected chi connectivity index (χ4v) is 7.42. The van der Waals surface area contributed by atoms with Crippen molar-refractivity contribution in [1.82, 2.24) is 14.6 Å². The summed E-state index contributed by atoms with van der Waals surface area (Å²) in [6, 6.07) is 8.84. The summed E-state index contributed by atoms with van der Waals surface area (Å²) in [6.45, 7) is 12.1. The number of rotatable bonds is 5. The van der Waals surface area contributed by atoms with E-state index < -0.39 is 20.9 Å². The fourth-order valence-electron chi connectivity index (χ4n) is 4.20. The first-order valence-electron chi connectivity index (χ1n) is 9.42. The van der Waals surface area contributed by atoms with Crippen LogP contribution in [0.15, 0.2) is 53.4 Å². The number of pyridine rings is 1. The molecule has 1 N–H and O–H groups in total. The number of aromatic nitrogens is 1. The molecule has 2 aromatic rings. The second-order valence-corrected chi connectivity index (χ2v) is 12.0. The van der Waals surface area contributed by atoms with Crippen LogP contribution < -0.4 is 5.32 Å². The van der Waals surface area contributed by atoms with E-state index in [1.165, 1.54) is 21.7 Å². The number of nitrogens with zero attached hydrogens (tertiary/aromatic N) is 2. The Hall–Kier alpha value is -2.03. The Balaban J connectivity index is 1.90. The average Bonchev–Trinajstić information content (AvgIpc) is 3.15. The molecule has 29 heavy (non-hydrogen) atoms. The molecular formula is C21H27N3O3S2. The van der Waals surface area contributed by atoms with Crippen molar-refractivity contribution in [2.24, 2.45) is 10.8 Å². The topological polar surface area (TPSA) is 79.4 Å². The van der Waals surface area contributed by atoms with E-state index >= 15 is 0 Å². The minimum Gasteiger partial charge on any atom is -0.349 e. The van der Waals surface area contributed by atoms with Crippen LogP contribution in [0.1, 0.15) is 27.7 Å². The summed E-state index contributed by atoms with van der Waals surface area (Å²) in [6.07, 6.45) is 2.94. The highest BCUT2D eigenvalue weighted by molar-refractivity contribution is 7.91. The molecule has 6 nitrogen and oxygen atoms in total. The van der Waals surface area contributed by atoms with E-state index in [0.29, 0.717) is 17.3 Å². The van der Waals surface area contributed by atoms with Gasteiger partial charge in [-0.3, -0.25) is 9.78 Å². The molecule has 0 saturated carbocycles. The summed E-state index contributed by atoms with van der Waals surface area (Å²) >= 11 is 1.23. The van der Waals surface area contributed by atoms with Crippen LogP contribution >= 0.6 is 11.3 Å². The molecule has 0 radical (unpaired) electrons. The zero-order valence-corrected chi connectivity index (χ0v) is 18.8. The lowest BCUT2D eigenvalue weighted by atomic mass is 9.67. The predicted octanol–water partition coefficient (Wildman–Crippen LogP) is 3.54. The third-order valence-electron chi connectivity index (χ3n) is 5.30. The molecule has 0 aliphatic carbocycles. The number of carbonyl (C=O) groups is 1. The third-order valence-corrected chi connectivity index (χ3v) is 8.66. The van der Waals surface area contributed by atoms with Crippen molar-refractivity contribution in [3.63, 3.8) is 0 Å². The third kappa shape index (κ3) is 4.29. The molecule has 0 bridgehead atoms. The van der Waals surface area contributed by atoms with E-state index in [1.807, 2.05) is 45.9 Å². The number of nitrogens with one attached hydrogen (secondary N) is 1. The zero-order valence-electron chi connectivity index (χ0n) is 17.2. The summed E-state index contributed by atoms with van der Waals surface area (Å²) in [7, 11) is -3.66. The Kier molecular flexibility index (Phi) is 5.73. The maximum absolute atomic E-state index is 13.4. The first-order chi connectivity index (χ1) is 13.5. The Morgan fingerprint density at radius 2 is 1.86 bits per heavy atom. The predicted molar refractivity (Wildman–Crippen MR) is 116 cm³/mol. The van der Waals surface area contributed by atoms with Gasteiger partial charge < -0.3 is 5.32 Å². The summed E-state index contributed by atoms with van der Waals surface area (Å²) < 4.78 is 28.7. The van der Waals surface area contributed by atoms with Gasteiger partial charge in [0, 0.05) is 25.3 Å². The van der Waals surface area contributed by atoms with E-state index in [1.54, 1.807) is 18.3 Å². The van der Waals surface area contributed by atoms with Crippen molar-refractivity contribution >= 4 is 27.3 Å². The van der Waals surface area contributed by atoms with E-state index in [-0.39, 0.29) is 11.9 Å². The summed E-state index contributed by atoms with van der Waals surface area (Å²) in [5.41, 5.74) is -0.145. The fraction of sp³-hybridized carbons (Fsp3) is 0.429. The smallest absolute Gasteiger partial charge is 0.252 e. The van der Waals surface area contributed by atoms with Crippen LogP contribution in [0.25, 0.3) is 10.6 Å². The first kappa shape index (κ1) is 21.7. The summed E-state index contributed by atoms with van der Waals surface area (Å²) in [5, 5.41) is 3.00. The van der Waals surface area contributed by atoms with Crippen LogP contribution in [0, 0.1) is 10.8 Å². The van der Waals surface area contributed by atoms with E-state index in [2.05, 4.69) is 16.9 Å². The maximum Gasteiger partial charge on any atom is 0.252 e. The molecule has 2 aromatic heterocycles. The van der Waals surface area contributed by atoms with Crippen LogP contribution in [0.3, 0.4) is 0 Å². The van der Waals surface area contributed by atoms with Gasteiger partial charge >= 0.3 is 0 Å². The lowest BCUT2D eigenvalue weighted by Gasteiger charge is -2.52.